The Kier molecular flexibility index (Phi) is 5.67. The minimum absolute atomic E-state index is 0.0968. The highest BCUT2D eigenvalue weighted by Gasteiger charge is 2.18. The molecule has 0 saturated carbocycles. The zero-order valence-corrected chi connectivity index (χ0v) is 14.1. The van der Waals surface area contributed by atoms with Crippen LogP contribution in [0.1, 0.15) is 25.7 Å². The van der Waals surface area contributed by atoms with E-state index in [9.17, 15) is 9.59 Å². The van der Waals surface area contributed by atoms with Gasteiger partial charge in [0.05, 0.1) is 4.88 Å². The van der Waals surface area contributed by atoms with E-state index in [0.717, 1.165) is 9.35 Å². The van der Waals surface area contributed by atoms with E-state index in [4.69, 9.17) is 9.63 Å². The molecular weight excluding hydrogens is 374 g/mol. The number of hydrogen-bond donors (Lipinski definition) is 2. The van der Waals surface area contributed by atoms with Gasteiger partial charge in [0.15, 0.2) is 0 Å². The number of thiophene rings is 1. The van der Waals surface area contributed by atoms with E-state index in [1.807, 2.05) is 11.4 Å². The van der Waals surface area contributed by atoms with Gasteiger partial charge in [0.2, 0.25) is 17.6 Å². The van der Waals surface area contributed by atoms with Gasteiger partial charge in [-0.2, -0.15) is 4.98 Å². The summed E-state index contributed by atoms with van der Waals surface area (Å²) < 4.78 is 6.03. The van der Waals surface area contributed by atoms with Crippen molar-refractivity contribution in [3.63, 3.8) is 0 Å². The standard InChI is InChI=1S/C13H14BrN3O4S/c1-2-8(13(19)20)15-10(18)3-4-11-16-12(17-21-11)9-5-7(14)6-22-9/h5-6,8H,2-4H2,1H3,(H,15,18)(H,19,20). The number of aryl methyl sites for hydroxylation is 1. The first-order valence-corrected chi connectivity index (χ1v) is 8.26. The van der Waals surface area contributed by atoms with Gasteiger partial charge in [-0.05, 0) is 28.4 Å². The Morgan fingerprint density at radius 2 is 2.32 bits per heavy atom. The average Bonchev–Trinajstić information content (AvgIpc) is 3.10. The smallest absolute Gasteiger partial charge is 0.326 e. The van der Waals surface area contributed by atoms with Crippen molar-refractivity contribution in [2.24, 2.45) is 0 Å². The molecule has 0 aliphatic rings. The Morgan fingerprint density at radius 1 is 1.55 bits per heavy atom. The molecular formula is C13H14BrN3O4S. The van der Waals surface area contributed by atoms with Gasteiger partial charge in [-0.25, -0.2) is 4.79 Å². The lowest BCUT2D eigenvalue weighted by Crippen LogP contribution is -2.40. The summed E-state index contributed by atoms with van der Waals surface area (Å²) in [4.78, 5) is 27.6. The molecule has 0 aliphatic heterocycles. The highest BCUT2D eigenvalue weighted by atomic mass is 79.9. The number of carbonyl (C=O) groups is 2. The van der Waals surface area contributed by atoms with Gasteiger partial charge in [-0.15, -0.1) is 11.3 Å². The SMILES string of the molecule is CCC(NC(=O)CCc1nc(-c2cc(Br)cs2)no1)C(=O)O. The van der Waals surface area contributed by atoms with Crippen LogP contribution in [0, 0.1) is 0 Å². The minimum Gasteiger partial charge on any atom is -0.480 e. The van der Waals surface area contributed by atoms with Crippen molar-refractivity contribution in [3.8, 4) is 10.7 Å². The number of carboxylic acid groups (broad SMARTS) is 1. The highest BCUT2D eigenvalue weighted by molar-refractivity contribution is 9.10. The average molecular weight is 388 g/mol. The number of rotatable bonds is 7. The van der Waals surface area contributed by atoms with Crippen molar-refractivity contribution in [2.45, 2.75) is 32.2 Å². The molecule has 0 aromatic carbocycles. The Bertz CT molecular complexity index is 670. The molecule has 118 valence electrons. The fourth-order valence-electron chi connectivity index (χ4n) is 1.71. The van der Waals surface area contributed by atoms with Crippen LogP contribution in [-0.4, -0.2) is 33.2 Å². The summed E-state index contributed by atoms with van der Waals surface area (Å²) in [7, 11) is 0. The maximum atomic E-state index is 11.7. The van der Waals surface area contributed by atoms with E-state index in [1.165, 1.54) is 11.3 Å². The van der Waals surface area contributed by atoms with Crippen LogP contribution in [-0.2, 0) is 16.0 Å². The molecule has 0 bridgehead atoms. The molecule has 2 aromatic rings. The molecule has 0 radical (unpaired) electrons. The lowest BCUT2D eigenvalue weighted by molar-refractivity contribution is -0.141. The van der Waals surface area contributed by atoms with Gasteiger partial charge < -0.3 is 14.9 Å². The van der Waals surface area contributed by atoms with Crippen LogP contribution in [0.3, 0.4) is 0 Å². The first-order valence-electron chi connectivity index (χ1n) is 6.58. The first-order chi connectivity index (χ1) is 10.5. The molecule has 0 saturated heterocycles. The van der Waals surface area contributed by atoms with Crippen molar-refractivity contribution in [2.75, 3.05) is 0 Å². The van der Waals surface area contributed by atoms with Crippen LogP contribution >= 0.6 is 27.3 Å². The number of hydrogen-bond acceptors (Lipinski definition) is 6. The molecule has 2 N–H and O–H groups in total. The van der Waals surface area contributed by atoms with E-state index in [1.54, 1.807) is 6.92 Å². The second-order valence-electron chi connectivity index (χ2n) is 4.51. The molecule has 22 heavy (non-hydrogen) atoms. The molecule has 9 heteroatoms. The normalized spacial score (nSPS) is 12.1. The summed E-state index contributed by atoms with van der Waals surface area (Å²) in [5.41, 5.74) is 0. The number of nitrogens with one attached hydrogen (secondary N) is 1. The van der Waals surface area contributed by atoms with Gasteiger partial charge in [-0.1, -0.05) is 12.1 Å². The number of carboxylic acids is 1. The third-order valence-electron chi connectivity index (χ3n) is 2.86. The third kappa shape index (κ3) is 4.38. The number of aromatic nitrogens is 2. The first kappa shape index (κ1) is 16.6. The second kappa shape index (κ2) is 7.50. The fourth-order valence-corrected chi connectivity index (χ4v) is 3.06. The molecule has 1 unspecified atom stereocenters. The van der Waals surface area contributed by atoms with E-state index in [-0.39, 0.29) is 18.7 Å². The highest BCUT2D eigenvalue weighted by Crippen LogP contribution is 2.27. The lowest BCUT2D eigenvalue weighted by Gasteiger charge is -2.11. The third-order valence-corrected chi connectivity index (χ3v) is 4.55. The second-order valence-corrected chi connectivity index (χ2v) is 6.33. The fraction of sp³-hybridized carbons (Fsp3) is 0.385. The summed E-state index contributed by atoms with van der Waals surface area (Å²) in [6.45, 7) is 1.70. The van der Waals surface area contributed by atoms with Crippen molar-refractivity contribution < 1.29 is 19.2 Å². The number of aliphatic carboxylic acids is 1. The summed E-state index contributed by atoms with van der Waals surface area (Å²) in [5, 5.41) is 17.1. The van der Waals surface area contributed by atoms with Gasteiger partial charge in [-0.3, -0.25) is 4.79 Å². The van der Waals surface area contributed by atoms with Crippen LogP contribution in [0.25, 0.3) is 10.7 Å². The molecule has 1 atom stereocenters. The summed E-state index contributed by atoms with van der Waals surface area (Å²) in [5.74, 6) is -0.576. The van der Waals surface area contributed by atoms with Crippen molar-refractivity contribution in [1.29, 1.82) is 0 Å². The quantitative estimate of drug-likeness (QED) is 0.755. The molecule has 7 nitrogen and oxygen atoms in total. The van der Waals surface area contributed by atoms with Crippen LogP contribution in [0.4, 0.5) is 0 Å². The molecule has 2 aromatic heterocycles. The zero-order chi connectivity index (χ0) is 16.1. The Hall–Kier alpha value is -1.74. The number of carbonyl (C=O) groups excluding carboxylic acids is 1. The Morgan fingerprint density at radius 3 is 2.91 bits per heavy atom. The van der Waals surface area contributed by atoms with Crippen molar-refractivity contribution in [1.82, 2.24) is 15.5 Å². The van der Waals surface area contributed by atoms with E-state index in [0.29, 0.717) is 18.1 Å². The topological polar surface area (TPSA) is 105 Å². The molecule has 2 heterocycles. The predicted octanol–water partition coefficient (Wildman–Crippen LogP) is 2.47. The zero-order valence-electron chi connectivity index (χ0n) is 11.7. The van der Waals surface area contributed by atoms with Crippen molar-refractivity contribution in [3.05, 3.63) is 21.8 Å². The summed E-state index contributed by atoms with van der Waals surface area (Å²) >= 11 is 4.83. The minimum atomic E-state index is -1.04. The largest absolute Gasteiger partial charge is 0.480 e. The summed E-state index contributed by atoms with van der Waals surface area (Å²) in [6.07, 6.45) is 0.694. The number of amides is 1. The Balaban J connectivity index is 1.88. The molecule has 2 rings (SSSR count). The van der Waals surface area contributed by atoms with E-state index >= 15 is 0 Å². The number of halogens is 1. The van der Waals surface area contributed by atoms with Gasteiger partial charge in [0, 0.05) is 22.7 Å². The van der Waals surface area contributed by atoms with E-state index in [2.05, 4.69) is 31.4 Å². The predicted molar refractivity (Wildman–Crippen MR) is 83.5 cm³/mol. The molecule has 0 aliphatic carbocycles. The molecule has 1 amide bonds. The van der Waals surface area contributed by atoms with Gasteiger partial charge in [0.25, 0.3) is 0 Å². The molecule has 0 fully saturated rings. The Labute approximate surface area is 138 Å². The lowest BCUT2D eigenvalue weighted by atomic mass is 10.2. The molecule has 0 spiro atoms. The van der Waals surface area contributed by atoms with Gasteiger partial charge >= 0.3 is 5.97 Å². The monoisotopic (exact) mass is 387 g/mol. The van der Waals surface area contributed by atoms with E-state index < -0.39 is 12.0 Å². The van der Waals surface area contributed by atoms with Crippen LogP contribution in [0.5, 0.6) is 0 Å². The summed E-state index contributed by atoms with van der Waals surface area (Å²) in [6, 6.07) is 1.01. The van der Waals surface area contributed by atoms with Crippen molar-refractivity contribution >= 4 is 39.1 Å². The maximum absolute atomic E-state index is 11.7. The number of nitrogens with zero attached hydrogens (tertiary/aromatic N) is 2. The van der Waals surface area contributed by atoms with Gasteiger partial charge in [0.1, 0.15) is 6.04 Å². The maximum Gasteiger partial charge on any atom is 0.326 e. The van der Waals surface area contributed by atoms with Crippen LogP contribution in [0.15, 0.2) is 20.4 Å². The van der Waals surface area contributed by atoms with Crippen LogP contribution in [0.2, 0.25) is 0 Å². The van der Waals surface area contributed by atoms with Crippen LogP contribution < -0.4 is 5.32 Å².